The van der Waals surface area contributed by atoms with Gasteiger partial charge in [0.2, 0.25) is 0 Å². The van der Waals surface area contributed by atoms with Crippen LogP contribution in [0.1, 0.15) is 16.4 Å². The lowest BCUT2D eigenvalue weighted by Gasteiger charge is -2.03. The average molecular weight is 270 g/mol. The highest BCUT2D eigenvalue weighted by molar-refractivity contribution is 7.09. The topological polar surface area (TPSA) is 50.7 Å². The van der Waals surface area contributed by atoms with E-state index in [4.69, 9.17) is 0 Å². The minimum absolute atomic E-state index is 0.705. The summed E-state index contributed by atoms with van der Waals surface area (Å²) < 4.78 is 0. The molecule has 0 amide bonds. The maximum absolute atomic E-state index is 4.57. The van der Waals surface area contributed by atoms with Crippen molar-refractivity contribution in [3.63, 3.8) is 0 Å². The zero-order valence-electron chi connectivity index (χ0n) is 10.6. The van der Waals surface area contributed by atoms with Gasteiger partial charge in [0.05, 0.1) is 22.9 Å². The van der Waals surface area contributed by atoms with Crippen molar-refractivity contribution in [2.24, 2.45) is 0 Å². The Morgan fingerprint density at radius 3 is 2.74 bits per heavy atom. The lowest BCUT2D eigenvalue weighted by Crippen LogP contribution is -2.13. The fourth-order valence-corrected chi connectivity index (χ4v) is 2.60. The molecule has 0 saturated carbocycles. The summed E-state index contributed by atoms with van der Waals surface area (Å²) in [5.41, 5.74) is 3.90. The van der Waals surface area contributed by atoms with Crippen molar-refractivity contribution in [3.05, 3.63) is 52.2 Å². The summed E-state index contributed by atoms with van der Waals surface area (Å²) in [4.78, 5) is 13.4. The molecule has 3 rings (SSSR count). The van der Waals surface area contributed by atoms with Crippen LogP contribution in [0.25, 0.3) is 11.0 Å². The maximum Gasteiger partial charge on any atom is 0.107 e. The first-order valence-corrected chi connectivity index (χ1v) is 7.01. The standard InChI is InChI=1S/C14H14N4S/c1-10-9-19-14(17-10)8-15-6-11-7-16-12-4-2-3-5-13(12)18-11/h2-5,7,9,15H,6,8H2,1H3. The SMILES string of the molecule is Cc1csc(CNCc2cnc3ccccc3n2)n1. The number of nitrogens with zero attached hydrogens (tertiary/aromatic N) is 3. The molecule has 0 aliphatic carbocycles. The van der Waals surface area contributed by atoms with E-state index in [1.165, 1.54) is 0 Å². The predicted octanol–water partition coefficient (Wildman–Crippen LogP) is 2.68. The Kier molecular flexibility index (Phi) is 3.48. The van der Waals surface area contributed by atoms with Gasteiger partial charge in [-0.2, -0.15) is 0 Å². The molecule has 0 radical (unpaired) electrons. The normalized spacial score (nSPS) is 11.0. The molecule has 0 fully saturated rings. The fourth-order valence-electron chi connectivity index (χ4n) is 1.86. The molecule has 0 saturated heterocycles. The van der Waals surface area contributed by atoms with Crippen LogP contribution in [0, 0.1) is 6.92 Å². The number of hydrogen-bond acceptors (Lipinski definition) is 5. The van der Waals surface area contributed by atoms with Crippen molar-refractivity contribution in [3.8, 4) is 0 Å². The molecule has 19 heavy (non-hydrogen) atoms. The third-order valence-electron chi connectivity index (χ3n) is 2.75. The smallest absolute Gasteiger partial charge is 0.107 e. The molecule has 96 valence electrons. The van der Waals surface area contributed by atoms with Crippen molar-refractivity contribution in [2.75, 3.05) is 0 Å². The van der Waals surface area contributed by atoms with Crippen molar-refractivity contribution in [2.45, 2.75) is 20.0 Å². The van der Waals surface area contributed by atoms with Crippen molar-refractivity contribution < 1.29 is 0 Å². The van der Waals surface area contributed by atoms with E-state index in [2.05, 4.69) is 25.6 Å². The molecular formula is C14H14N4S. The number of fused-ring (bicyclic) bond motifs is 1. The van der Waals surface area contributed by atoms with Crippen molar-refractivity contribution >= 4 is 22.4 Å². The summed E-state index contributed by atoms with van der Waals surface area (Å²) in [7, 11) is 0. The van der Waals surface area contributed by atoms with Gasteiger partial charge in [0, 0.05) is 24.2 Å². The summed E-state index contributed by atoms with van der Waals surface area (Å²) in [6.45, 7) is 3.48. The molecule has 0 aliphatic rings. The lowest BCUT2D eigenvalue weighted by molar-refractivity contribution is 0.675. The Bertz CT molecular complexity index is 692. The molecule has 3 aromatic rings. The van der Waals surface area contributed by atoms with Gasteiger partial charge in [-0.3, -0.25) is 4.98 Å². The van der Waals surface area contributed by atoms with E-state index < -0.39 is 0 Å². The largest absolute Gasteiger partial charge is 0.305 e. The van der Waals surface area contributed by atoms with Crippen LogP contribution >= 0.6 is 11.3 Å². The number of aryl methyl sites for hydroxylation is 1. The first kappa shape index (κ1) is 12.2. The van der Waals surface area contributed by atoms with Crippen LogP contribution in [0.3, 0.4) is 0 Å². The molecule has 0 spiro atoms. The van der Waals surface area contributed by atoms with E-state index in [1.807, 2.05) is 37.4 Å². The van der Waals surface area contributed by atoms with Crippen LogP contribution in [0.5, 0.6) is 0 Å². The quantitative estimate of drug-likeness (QED) is 0.792. The maximum atomic E-state index is 4.57. The zero-order chi connectivity index (χ0) is 13.1. The number of rotatable bonds is 4. The molecule has 1 aromatic carbocycles. The number of nitrogens with one attached hydrogen (secondary N) is 1. The predicted molar refractivity (Wildman–Crippen MR) is 76.9 cm³/mol. The number of para-hydroxylation sites is 2. The highest BCUT2D eigenvalue weighted by Gasteiger charge is 2.01. The molecule has 0 unspecified atom stereocenters. The van der Waals surface area contributed by atoms with Crippen LogP contribution < -0.4 is 5.32 Å². The second kappa shape index (κ2) is 5.42. The van der Waals surface area contributed by atoms with Crippen LogP contribution in [0.15, 0.2) is 35.8 Å². The van der Waals surface area contributed by atoms with Crippen LogP contribution in [-0.4, -0.2) is 15.0 Å². The zero-order valence-corrected chi connectivity index (χ0v) is 11.4. The Morgan fingerprint density at radius 2 is 1.95 bits per heavy atom. The second-order valence-corrected chi connectivity index (χ2v) is 5.28. The summed E-state index contributed by atoms with van der Waals surface area (Å²) in [6, 6.07) is 7.90. The van der Waals surface area contributed by atoms with E-state index in [-0.39, 0.29) is 0 Å². The average Bonchev–Trinajstić information content (AvgIpc) is 2.84. The highest BCUT2D eigenvalue weighted by Crippen LogP contribution is 2.10. The summed E-state index contributed by atoms with van der Waals surface area (Å²) >= 11 is 1.68. The summed E-state index contributed by atoms with van der Waals surface area (Å²) in [5, 5.41) is 6.51. The Balaban J connectivity index is 1.65. The Morgan fingerprint density at radius 1 is 1.11 bits per heavy atom. The molecule has 5 heteroatoms. The summed E-state index contributed by atoms with van der Waals surface area (Å²) in [5.74, 6) is 0. The molecular weight excluding hydrogens is 256 g/mol. The van der Waals surface area contributed by atoms with Gasteiger partial charge in [0.1, 0.15) is 5.01 Å². The van der Waals surface area contributed by atoms with E-state index in [0.717, 1.165) is 34.0 Å². The molecule has 0 aliphatic heterocycles. The van der Waals surface area contributed by atoms with Crippen molar-refractivity contribution in [1.82, 2.24) is 20.3 Å². The first-order chi connectivity index (χ1) is 9.31. The van der Waals surface area contributed by atoms with Crippen LogP contribution in [0.2, 0.25) is 0 Å². The first-order valence-electron chi connectivity index (χ1n) is 6.13. The molecule has 0 atom stereocenters. The minimum atomic E-state index is 0.705. The molecule has 2 heterocycles. The molecule has 2 aromatic heterocycles. The third kappa shape index (κ3) is 2.94. The van der Waals surface area contributed by atoms with Gasteiger partial charge in [-0.05, 0) is 19.1 Å². The van der Waals surface area contributed by atoms with Gasteiger partial charge in [-0.25, -0.2) is 9.97 Å². The Hall–Kier alpha value is -1.85. The Labute approximate surface area is 115 Å². The van der Waals surface area contributed by atoms with Gasteiger partial charge in [0.15, 0.2) is 0 Å². The number of benzene rings is 1. The van der Waals surface area contributed by atoms with E-state index >= 15 is 0 Å². The summed E-state index contributed by atoms with van der Waals surface area (Å²) in [6.07, 6.45) is 1.82. The van der Waals surface area contributed by atoms with Gasteiger partial charge in [-0.1, -0.05) is 12.1 Å². The van der Waals surface area contributed by atoms with E-state index in [9.17, 15) is 0 Å². The lowest BCUT2D eigenvalue weighted by atomic mass is 10.3. The molecule has 0 bridgehead atoms. The monoisotopic (exact) mass is 270 g/mol. The third-order valence-corrected chi connectivity index (χ3v) is 3.71. The van der Waals surface area contributed by atoms with Crippen LogP contribution in [-0.2, 0) is 13.1 Å². The van der Waals surface area contributed by atoms with E-state index in [1.54, 1.807) is 11.3 Å². The van der Waals surface area contributed by atoms with Gasteiger partial charge in [0.25, 0.3) is 0 Å². The number of hydrogen-bond donors (Lipinski definition) is 1. The second-order valence-electron chi connectivity index (χ2n) is 4.34. The molecule has 1 N–H and O–H groups in total. The van der Waals surface area contributed by atoms with E-state index in [0.29, 0.717) is 6.54 Å². The van der Waals surface area contributed by atoms with Gasteiger partial charge in [-0.15, -0.1) is 11.3 Å². The minimum Gasteiger partial charge on any atom is -0.305 e. The highest BCUT2D eigenvalue weighted by atomic mass is 32.1. The molecule has 4 nitrogen and oxygen atoms in total. The fraction of sp³-hybridized carbons (Fsp3) is 0.214. The van der Waals surface area contributed by atoms with Gasteiger partial charge >= 0.3 is 0 Å². The number of thiazole rings is 1. The van der Waals surface area contributed by atoms with Crippen LogP contribution in [0.4, 0.5) is 0 Å². The number of aromatic nitrogens is 3. The van der Waals surface area contributed by atoms with Crippen molar-refractivity contribution in [1.29, 1.82) is 0 Å². The van der Waals surface area contributed by atoms with Gasteiger partial charge < -0.3 is 5.32 Å².